The van der Waals surface area contributed by atoms with E-state index in [1.165, 1.54) is 12.1 Å². The van der Waals surface area contributed by atoms with E-state index in [1.807, 2.05) is 0 Å². The third-order valence-corrected chi connectivity index (χ3v) is 4.04. The lowest BCUT2D eigenvalue weighted by Crippen LogP contribution is -2.29. The van der Waals surface area contributed by atoms with E-state index >= 15 is 0 Å². The standard InChI is InChI=1S/C16H17NO5S/c1-2-22-14(19)4-3-9-17-15(20)13(23-16(17)21)10-11-5-7-12(18)8-6-11/h5-8,10,18H,2-4,9H2,1H3/b13-10-. The van der Waals surface area contributed by atoms with Crippen LogP contribution in [0.15, 0.2) is 29.2 Å². The Balaban J connectivity index is 1.96. The molecule has 6 nitrogen and oxygen atoms in total. The molecule has 1 aliphatic rings. The number of esters is 1. The maximum atomic E-state index is 12.2. The summed E-state index contributed by atoms with van der Waals surface area (Å²) in [5.74, 6) is -0.565. The van der Waals surface area contributed by atoms with Crippen molar-refractivity contribution in [2.45, 2.75) is 19.8 Å². The number of benzene rings is 1. The molecule has 1 fully saturated rings. The van der Waals surface area contributed by atoms with Crippen LogP contribution in [0.5, 0.6) is 5.75 Å². The van der Waals surface area contributed by atoms with Gasteiger partial charge in [0.25, 0.3) is 11.1 Å². The highest BCUT2D eigenvalue weighted by Crippen LogP contribution is 2.32. The van der Waals surface area contributed by atoms with Gasteiger partial charge < -0.3 is 9.84 Å². The number of amides is 2. The molecule has 0 saturated carbocycles. The number of rotatable bonds is 6. The fourth-order valence-electron chi connectivity index (χ4n) is 2.03. The number of thioether (sulfide) groups is 1. The summed E-state index contributed by atoms with van der Waals surface area (Å²) in [7, 11) is 0. The number of aromatic hydroxyl groups is 1. The second-order valence-corrected chi connectivity index (χ2v) is 5.83. The summed E-state index contributed by atoms with van der Waals surface area (Å²) in [5.41, 5.74) is 0.722. The highest BCUT2D eigenvalue weighted by atomic mass is 32.2. The molecule has 1 aromatic carbocycles. The lowest BCUT2D eigenvalue weighted by molar-refractivity contribution is -0.143. The Kier molecular flexibility index (Phi) is 5.81. The van der Waals surface area contributed by atoms with Crippen molar-refractivity contribution in [3.8, 4) is 5.75 Å². The Morgan fingerprint density at radius 2 is 2.00 bits per heavy atom. The van der Waals surface area contributed by atoms with Crippen molar-refractivity contribution >= 4 is 35.0 Å². The number of nitrogens with zero attached hydrogens (tertiary/aromatic N) is 1. The Hall–Kier alpha value is -2.28. The first-order chi connectivity index (χ1) is 11.0. The van der Waals surface area contributed by atoms with Crippen molar-refractivity contribution in [2.75, 3.05) is 13.2 Å². The summed E-state index contributed by atoms with van der Waals surface area (Å²) in [4.78, 5) is 36.9. The predicted molar refractivity (Wildman–Crippen MR) is 86.7 cm³/mol. The topological polar surface area (TPSA) is 83.9 Å². The van der Waals surface area contributed by atoms with Crippen molar-refractivity contribution in [3.05, 3.63) is 34.7 Å². The number of carbonyl (C=O) groups is 3. The van der Waals surface area contributed by atoms with Gasteiger partial charge in [0.1, 0.15) is 5.75 Å². The quantitative estimate of drug-likeness (QED) is 0.636. The molecule has 1 aliphatic heterocycles. The summed E-state index contributed by atoms with van der Waals surface area (Å²) in [6.45, 7) is 2.23. The van der Waals surface area contributed by atoms with E-state index in [1.54, 1.807) is 25.1 Å². The van der Waals surface area contributed by atoms with Crippen LogP contribution in [0.4, 0.5) is 4.79 Å². The lowest BCUT2D eigenvalue weighted by atomic mass is 10.2. The molecule has 122 valence electrons. The number of hydrogen-bond donors (Lipinski definition) is 1. The van der Waals surface area contributed by atoms with Gasteiger partial charge in [-0.3, -0.25) is 19.3 Å². The van der Waals surface area contributed by atoms with Crippen LogP contribution in [-0.4, -0.2) is 40.3 Å². The third-order valence-electron chi connectivity index (χ3n) is 3.13. The molecule has 0 aliphatic carbocycles. The van der Waals surface area contributed by atoms with Gasteiger partial charge >= 0.3 is 5.97 Å². The van der Waals surface area contributed by atoms with E-state index in [4.69, 9.17) is 4.74 Å². The molecule has 7 heteroatoms. The zero-order valence-corrected chi connectivity index (χ0v) is 13.5. The molecule has 1 heterocycles. The van der Waals surface area contributed by atoms with Crippen LogP contribution in [0, 0.1) is 0 Å². The highest BCUT2D eigenvalue weighted by Gasteiger charge is 2.34. The summed E-state index contributed by atoms with van der Waals surface area (Å²) in [6.07, 6.45) is 2.16. The van der Waals surface area contributed by atoms with Gasteiger partial charge in [0.15, 0.2) is 0 Å². The minimum absolute atomic E-state index is 0.134. The molecule has 23 heavy (non-hydrogen) atoms. The fraction of sp³-hybridized carbons (Fsp3) is 0.312. The SMILES string of the molecule is CCOC(=O)CCCN1C(=O)S/C(=C\c2ccc(O)cc2)C1=O. The van der Waals surface area contributed by atoms with Crippen LogP contribution in [0.1, 0.15) is 25.3 Å². The molecular weight excluding hydrogens is 318 g/mol. The smallest absolute Gasteiger partial charge is 0.305 e. The molecule has 2 rings (SSSR count). The third kappa shape index (κ3) is 4.59. The summed E-state index contributed by atoms with van der Waals surface area (Å²) < 4.78 is 4.81. The van der Waals surface area contributed by atoms with Crippen LogP contribution < -0.4 is 0 Å². The Bertz CT molecular complexity index is 638. The number of hydrogen-bond acceptors (Lipinski definition) is 6. The van der Waals surface area contributed by atoms with Gasteiger partial charge in [0, 0.05) is 13.0 Å². The van der Waals surface area contributed by atoms with Crippen LogP contribution in [0.2, 0.25) is 0 Å². The molecule has 1 saturated heterocycles. The van der Waals surface area contributed by atoms with Crippen molar-refractivity contribution in [2.24, 2.45) is 0 Å². The molecule has 0 unspecified atom stereocenters. The van der Waals surface area contributed by atoms with Gasteiger partial charge in [-0.1, -0.05) is 12.1 Å². The molecule has 1 aromatic rings. The van der Waals surface area contributed by atoms with Crippen molar-refractivity contribution in [3.63, 3.8) is 0 Å². The summed E-state index contributed by atoms with van der Waals surface area (Å²) >= 11 is 0.870. The van der Waals surface area contributed by atoms with Crippen LogP contribution in [-0.2, 0) is 14.3 Å². The minimum atomic E-state index is -0.364. The van der Waals surface area contributed by atoms with Gasteiger partial charge in [-0.05, 0) is 48.9 Å². The van der Waals surface area contributed by atoms with E-state index in [-0.39, 0.29) is 35.8 Å². The molecular formula is C16H17NO5S. The normalized spacial score (nSPS) is 16.2. The van der Waals surface area contributed by atoms with Gasteiger partial charge in [-0.15, -0.1) is 0 Å². The number of phenolic OH excluding ortho intramolecular Hbond substituents is 1. The van der Waals surface area contributed by atoms with Crippen LogP contribution in [0.25, 0.3) is 6.08 Å². The Morgan fingerprint density at radius 3 is 2.65 bits per heavy atom. The fourth-order valence-corrected chi connectivity index (χ4v) is 2.89. The van der Waals surface area contributed by atoms with E-state index in [9.17, 15) is 19.5 Å². The van der Waals surface area contributed by atoms with Gasteiger partial charge in [0.2, 0.25) is 0 Å². The number of imide groups is 1. The first-order valence-corrected chi connectivity index (χ1v) is 8.03. The van der Waals surface area contributed by atoms with Crippen molar-refractivity contribution in [1.82, 2.24) is 4.90 Å². The first kappa shape index (κ1) is 17.1. The number of ether oxygens (including phenoxy) is 1. The molecule has 0 radical (unpaired) electrons. The zero-order valence-electron chi connectivity index (χ0n) is 12.7. The van der Waals surface area contributed by atoms with E-state index in [0.717, 1.165) is 22.2 Å². The molecule has 0 atom stereocenters. The second-order valence-electron chi connectivity index (χ2n) is 4.83. The largest absolute Gasteiger partial charge is 0.508 e. The monoisotopic (exact) mass is 335 g/mol. The molecule has 0 bridgehead atoms. The number of carbonyl (C=O) groups excluding carboxylic acids is 3. The average Bonchev–Trinajstić information content (AvgIpc) is 2.77. The second kappa shape index (κ2) is 7.82. The van der Waals surface area contributed by atoms with Crippen LogP contribution in [0.3, 0.4) is 0 Å². The minimum Gasteiger partial charge on any atom is -0.508 e. The summed E-state index contributed by atoms with van der Waals surface area (Å²) in [6, 6.07) is 6.33. The van der Waals surface area contributed by atoms with E-state index in [2.05, 4.69) is 0 Å². The highest BCUT2D eigenvalue weighted by molar-refractivity contribution is 8.18. The predicted octanol–water partition coefficient (Wildman–Crippen LogP) is 2.77. The van der Waals surface area contributed by atoms with E-state index in [0.29, 0.717) is 17.9 Å². The molecule has 0 spiro atoms. The lowest BCUT2D eigenvalue weighted by Gasteiger charge is -2.11. The first-order valence-electron chi connectivity index (χ1n) is 7.21. The average molecular weight is 335 g/mol. The van der Waals surface area contributed by atoms with Gasteiger partial charge in [0.05, 0.1) is 11.5 Å². The van der Waals surface area contributed by atoms with Crippen molar-refractivity contribution in [1.29, 1.82) is 0 Å². The van der Waals surface area contributed by atoms with Crippen LogP contribution >= 0.6 is 11.8 Å². The Labute approximate surface area is 138 Å². The molecule has 1 N–H and O–H groups in total. The van der Waals surface area contributed by atoms with Crippen molar-refractivity contribution < 1.29 is 24.2 Å². The summed E-state index contributed by atoms with van der Waals surface area (Å²) in [5, 5.41) is 8.90. The molecule has 2 amide bonds. The van der Waals surface area contributed by atoms with Gasteiger partial charge in [-0.25, -0.2) is 0 Å². The Morgan fingerprint density at radius 1 is 1.30 bits per heavy atom. The number of phenols is 1. The maximum absolute atomic E-state index is 12.2. The molecule has 0 aromatic heterocycles. The maximum Gasteiger partial charge on any atom is 0.305 e. The zero-order chi connectivity index (χ0) is 16.8. The van der Waals surface area contributed by atoms with E-state index < -0.39 is 0 Å². The van der Waals surface area contributed by atoms with Gasteiger partial charge in [-0.2, -0.15) is 0 Å².